The van der Waals surface area contributed by atoms with Gasteiger partial charge in [0, 0.05) is 17.1 Å². The lowest BCUT2D eigenvalue weighted by molar-refractivity contribution is 0.144. The molecular weight excluding hydrogens is 371 g/mol. The van der Waals surface area contributed by atoms with Crippen molar-refractivity contribution in [2.75, 3.05) is 7.11 Å². The molecule has 0 atom stereocenters. The number of pyridine rings is 1. The fraction of sp³-hybridized carbons (Fsp3) is 0.375. The van der Waals surface area contributed by atoms with E-state index in [4.69, 9.17) is 4.74 Å². The van der Waals surface area contributed by atoms with Crippen molar-refractivity contribution in [1.82, 2.24) is 4.98 Å². The largest absolute Gasteiger partial charge is 0.495 e. The van der Waals surface area contributed by atoms with Gasteiger partial charge in [0.1, 0.15) is 11.4 Å². The average molecular weight is 378 g/mol. The molecule has 0 aromatic carbocycles. The van der Waals surface area contributed by atoms with Crippen LogP contribution in [0.15, 0.2) is 6.20 Å². The highest BCUT2D eigenvalue weighted by Crippen LogP contribution is 2.32. The number of ether oxygens (including phenoxy) is 1. The summed E-state index contributed by atoms with van der Waals surface area (Å²) in [6, 6.07) is 0. The Morgan fingerprint density at radius 1 is 1.64 bits per heavy atom. The van der Waals surface area contributed by atoms with Crippen LogP contribution in [-0.2, 0) is 5.33 Å². The zero-order chi connectivity index (χ0) is 10.7. The quantitative estimate of drug-likeness (QED) is 0.594. The summed E-state index contributed by atoms with van der Waals surface area (Å²) in [6.07, 6.45) is -1.17. The molecule has 1 rings (SSSR count). The van der Waals surface area contributed by atoms with Crippen molar-refractivity contribution in [2.45, 2.75) is 11.8 Å². The topological polar surface area (TPSA) is 22.1 Å². The summed E-state index contributed by atoms with van der Waals surface area (Å²) in [5.74, 6) is 0.466. The third-order valence-corrected chi connectivity index (χ3v) is 3.28. The van der Waals surface area contributed by atoms with Gasteiger partial charge < -0.3 is 4.74 Å². The van der Waals surface area contributed by atoms with E-state index in [0.717, 1.165) is 5.56 Å². The molecule has 0 saturated heterocycles. The minimum absolute atomic E-state index is 0.229. The third kappa shape index (κ3) is 2.33. The van der Waals surface area contributed by atoms with E-state index in [1.807, 2.05) is 22.6 Å². The van der Waals surface area contributed by atoms with E-state index in [1.165, 1.54) is 13.3 Å². The molecule has 1 aromatic rings. The minimum atomic E-state index is -2.57. The molecule has 78 valence electrons. The van der Waals surface area contributed by atoms with Gasteiger partial charge in [-0.15, -0.1) is 0 Å². The number of alkyl halides is 3. The molecule has 0 unspecified atom stereocenters. The second kappa shape index (κ2) is 5.20. The van der Waals surface area contributed by atoms with Crippen molar-refractivity contribution in [1.29, 1.82) is 0 Å². The standard InChI is InChI=1S/C8H7BrF2INO/c1-14-7-4(2-9)3-13-6(5(7)12)8(10)11/h3,8H,2H2,1H3. The second-order valence-corrected chi connectivity index (χ2v) is 4.09. The Balaban J connectivity index is 3.27. The summed E-state index contributed by atoms with van der Waals surface area (Å²) in [5, 5.41) is 0.530. The van der Waals surface area contributed by atoms with Crippen LogP contribution in [0, 0.1) is 3.57 Å². The van der Waals surface area contributed by atoms with Crippen LogP contribution < -0.4 is 4.74 Å². The summed E-state index contributed by atoms with van der Waals surface area (Å²) in [5.41, 5.74) is 0.536. The van der Waals surface area contributed by atoms with Crippen LogP contribution in [0.3, 0.4) is 0 Å². The number of aromatic nitrogens is 1. The van der Waals surface area contributed by atoms with Gasteiger partial charge in [-0.2, -0.15) is 0 Å². The monoisotopic (exact) mass is 377 g/mol. The van der Waals surface area contributed by atoms with E-state index in [1.54, 1.807) is 0 Å². The van der Waals surface area contributed by atoms with Gasteiger partial charge in [0.2, 0.25) is 0 Å². The Kier molecular flexibility index (Phi) is 4.49. The molecule has 0 amide bonds. The molecule has 0 fully saturated rings. The molecule has 6 heteroatoms. The molecule has 0 spiro atoms. The van der Waals surface area contributed by atoms with Crippen molar-refractivity contribution in [2.24, 2.45) is 0 Å². The van der Waals surface area contributed by atoms with E-state index < -0.39 is 6.43 Å². The minimum Gasteiger partial charge on any atom is -0.495 e. The van der Waals surface area contributed by atoms with Gasteiger partial charge in [0.25, 0.3) is 6.43 Å². The second-order valence-electron chi connectivity index (χ2n) is 2.45. The van der Waals surface area contributed by atoms with Gasteiger partial charge in [-0.3, -0.25) is 4.98 Å². The van der Waals surface area contributed by atoms with E-state index in [0.29, 0.717) is 14.6 Å². The number of halogens is 4. The fourth-order valence-corrected chi connectivity index (χ4v) is 2.33. The molecule has 14 heavy (non-hydrogen) atoms. The van der Waals surface area contributed by atoms with Crippen molar-refractivity contribution in [3.05, 3.63) is 21.0 Å². The molecule has 1 aromatic heterocycles. The number of rotatable bonds is 3. The molecule has 0 radical (unpaired) electrons. The maximum atomic E-state index is 12.4. The SMILES string of the molecule is COc1c(CBr)cnc(C(F)F)c1I. The summed E-state index contributed by atoms with van der Waals surface area (Å²) in [7, 11) is 1.46. The van der Waals surface area contributed by atoms with Gasteiger partial charge in [0.15, 0.2) is 0 Å². The first-order valence-electron chi connectivity index (χ1n) is 3.67. The molecule has 0 aliphatic rings. The lowest BCUT2D eigenvalue weighted by Gasteiger charge is -2.10. The molecular formula is C8H7BrF2INO. The van der Waals surface area contributed by atoms with E-state index in [9.17, 15) is 8.78 Å². The highest BCUT2D eigenvalue weighted by Gasteiger charge is 2.19. The normalized spacial score (nSPS) is 10.7. The Morgan fingerprint density at radius 2 is 2.29 bits per heavy atom. The first-order chi connectivity index (χ1) is 6.61. The lowest BCUT2D eigenvalue weighted by Crippen LogP contribution is -2.01. The van der Waals surface area contributed by atoms with Gasteiger partial charge in [-0.1, -0.05) is 15.9 Å². The Morgan fingerprint density at radius 3 is 2.71 bits per heavy atom. The highest BCUT2D eigenvalue weighted by molar-refractivity contribution is 14.1. The summed E-state index contributed by atoms with van der Waals surface area (Å²) in [4.78, 5) is 3.69. The first-order valence-corrected chi connectivity index (χ1v) is 5.87. The van der Waals surface area contributed by atoms with Gasteiger partial charge >= 0.3 is 0 Å². The maximum absolute atomic E-state index is 12.4. The molecule has 0 aliphatic carbocycles. The number of hydrogen-bond donors (Lipinski definition) is 0. The molecule has 0 bridgehead atoms. The molecule has 2 nitrogen and oxygen atoms in total. The van der Waals surface area contributed by atoms with E-state index in [2.05, 4.69) is 20.9 Å². The Bertz CT molecular complexity index is 335. The predicted octanol–water partition coefficient (Wildman–Crippen LogP) is 3.53. The van der Waals surface area contributed by atoms with E-state index in [-0.39, 0.29) is 5.69 Å². The van der Waals surface area contributed by atoms with Crippen molar-refractivity contribution in [3.63, 3.8) is 0 Å². The van der Waals surface area contributed by atoms with Crippen LogP contribution in [-0.4, -0.2) is 12.1 Å². The smallest absolute Gasteiger partial charge is 0.281 e. The molecule has 0 aliphatic heterocycles. The van der Waals surface area contributed by atoms with Crippen molar-refractivity contribution in [3.8, 4) is 5.75 Å². The van der Waals surface area contributed by atoms with Crippen molar-refractivity contribution < 1.29 is 13.5 Å². The number of nitrogens with zero attached hydrogens (tertiary/aromatic N) is 1. The van der Waals surface area contributed by atoms with E-state index >= 15 is 0 Å². The fourth-order valence-electron chi connectivity index (χ4n) is 0.988. The summed E-state index contributed by atoms with van der Waals surface area (Å²) < 4.78 is 30.3. The Labute approximate surface area is 102 Å². The highest BCUT2D eigenvalue weighted by atomic mass is 127. The maximum Gasteiger partial charge on any atom is 0.281 e. The predicted molar refractivity (Wildman–Crippen MR) is 61.1 cm³/mol. The van der Waals surface area contributed by atoms with Crippen molar-refractivity contribution >= 4 is 38.5 Å². The summed E-state index contributed by atoms with van der Waals surface area (Å²) >= 11 is 5.05. The third-order valence-electron chi connectivity index (χ3n) is 1.63. The first kappa shape index (κ1) is 12.1. The number of methoxy groups -OCH3 is 1. The van der Waals surface area contributed by atoms with Crippen LogP contribution in [0.5, 0.6) is 5.75 Å². The van der Waals surface area contributed by atoms with Crippen LogP contribution >= 0.6 is 38.5 Å². The van der Waals surface area contributed by atoms with Gasteiger partial charge in [-0.05, 0) is 22.6 Å². The average Bonchev–Trinajstić information content (AvgIpc) is 2.16. The number of hydrogen-bond acceptors (Lipinski definition) is 2. The summed E-state index contributed by atoms with van der Waals surface area (Å²) in [6.45, 7) is 0. The van der Waals surface area contributed by atoms with Crippen LogP contribution in [0.1, 0.15) is 17.7 Å². The zero-order valence-corrected chi connectivity index (χ0v) is 11.0. The lowest BCUT2D eigenvalue weighted by atomic mass is 10.2. The van der Waals surface area contributed by atoms with Gasteiger partial charge in [-0.25, -0.2) is 8.78 Å². The Hall–Kier alpha value is 0.0200. The molecule has 0 N–H and O–H groups in total. The zero-order valence-electron chi connectivity index (χ0n) is 7.23. The van der Waals surface area contributed by atoms with Crippen LogP contribution in [0.2, 0.25) is 0 Å². The van der Waals surface area contributed by atoms with Crippen LogP contribution in [0.25, 0.3) is 0 Å². The molecule has 0 saturated carbocycles. The van der Waals surface area contributed by atoms with Crippen LogP contribution in [0.4, 0.5) is 8.78 Å². The van der Waals surface area contributed by atoms with Gasteiger partial charge in [0.05, 0.1) is 10.7 Å². The molecule has 1 heterocycles.